The molecule has 1 aliphatic carbocycles. The molecule has 2 heteroatoms. The predicted molar refractivity (Wildman–Crippen MR) is 62.8 cm³/mol. The van der Waals surface area contributed by atoms with Gasteiger partial charge < -0.3 is 9.84 Å². The molecule has 0 amide bonds. The van der Waals surface area contributed by atoms with E-state index in [9.17, 15) is 5.11 Å². The molecule has 0 aliphatic heterocycles. The monoisotopic (exact) mass is 212 g/mol. The molecule has 0 saturated carbocycles. The van der Waals surface area contributed by atoms with Crippen molar-refractivity contribution < 1.29 is 9.84 Å². The Hall–Kier alpha value is -0.340. The van der Waals surface area contributed by atoms with Crippen molar-refractivity contribution >= 4 is 0 Å². The van der Waals surface area contributed by atoms with Gasteiger partial charge in [0.1, 0.15) is 0 Å². The highest BCUT2D eigenvalue weighted by Gasteiger charge is 2.33. The van der Waals surface area contributed by atoms with Crippen molar-refractivity contribution in [2.24, 2.45) is 5.41 Å². The topological polar surface area (TPSA) is 29.5 Å². The Morgan fingerprint density at radius 1 is 1.60 bits per heavy atom. The molecule has 15 heavy (non-hydrogen) atoms. The van der Waals surface area contributed by atoms with Gasteiger partial charge in [0.2, 0.25) is 0 Å². The van der Waals surface area contributed by atoms with E-state index in [1.165, 1.54) is 5.57 Å². The van der Waals surface area contributed by atoms with Crippen molar-refractivity contribution in [1.29, 1.82) is 0 Å². The van der Waals surface area contributed by atoms with Crippen LogP contribution in [0.4, 0.5) is 0 Å². The van der Waals surface area contributed by atoms with Crippen LogP contribution in [0.5, 0.6) is 0 Å². The zero-order valence-corrected chi connectivity index (χ0v) is 10.4. The fourth-order valence-corrected chi connectivity index (χ4v) is 2.21. The van der Waals surface area contributed by atoms with Crippen molar-refractivity contribution in [1.82, 2.24) is 0 Å². The number of aliphatic hydroxyl groups excluding tert-OH is 1. The second-order valence-corrected chi connectivity index (χ2v) is 5.25. The van der Waals surface area contributed by atoms with E-state index in [-0.39, 0.29) is 17.6 Å². The van der Waals surface area contributed by atoms with Crippen LogP contribution in [0.3, 0.4) is 0 Å². The van der Waals surface area contributed by atoms with Crippen LogP contribution in [-0.4, -0.2) is 23.9 Å². The molecular formula is C13H24O2. The van der Waals surface area contributed by atoms with Gasteiger partial charge in [-0.2, -0.15) is 0 Å². The quantitative estimate of drug-likeness (QED) is 0.726. The maximum Gasteiger partial charge on any atom is 0.0834 e. The van der Waals surface area contributed by atoms with Gasteiger partial charge in [0.25, 0.3) is 0 Å². The zero-order chi connectivity index (χ0) is 11.5. The number of hydrogen-bond acceptors (Lipinski definition) is 2. The first-order chi connectivity index (χ1) is 6.97. The van der Waals surface area contributed by atoms with Crippen LogP contribution < -0.4 is 0 Å². The first kappa shape index (κ1) is 12.7. The summed E-state index contributed by atoms with van der Waals surface area (Å²) in [5, 5.41) is 9.50. The van der Waals surface area contributed by atoms with E-state index in [1.54, 1.807) is 0 Å². The smallest absolute Gasteiger partial charge is 0.0834 e. The summed E-state index contributed by atoms with van der Waals surface area (Å²) in [7, 11) is 0. The molecule has 0 saturated heterocycles. The summed E-state index contributed by atoms with van der Waals surface area (Å²) in [6.07, 6.45) is 5.18. The highest BCUT2D eigenvalue weighted by atomic mass is 16.5. The maximum atomic E-state index is 9.50. The third-order valence-electron chi connectivity index (χ3n) is 3.30. The largest absolute Gasteiger partial charge is 0.391 e. The second kappa shape index (κ2) is 5.13. The van der Waals surface area contributed by atoms with Crippen LogP contribution >= 0.6 is 0 Å². The molecule has 2 nitrogen and oxygen atoms in total. The van der Waals surface area contributed by atoms with Gasteiger partial charge >= 0.3 is 0 Å². The number of rotatable bonds is 4. The molecule has 0 radical (unpaired) electrons. The van der Waals surface area contributed by atoms with Gasteiger partial charge in [-0.3, -0.25) is 0 Å². The highest BCUT2D eigenvalue weighted by molar-refractivity contribution is 5.13. The van der Waals surface area contributed by atoms with Gasteiger partial charge in [0, 0.05) is 0 Å². The summed E-state index contributed by atoms with van der Waals surface area (Å²) in [4.78, 5) is 0. The molecule has 0 fully saturated rings. The summed E-state index contributed by atoms with van der Waals surface area (Å²) >= 11 is 0. The summed E-state index contributed by atoms with van der Waals surface area (Å²) in [6, 6.07) is 0. The third kappa shape index (κ3) is 3.32. The SMILES string of the molecule is CCC(O)COC1C(C)=CCCC1(C)C. The fourth-order valence-electron chi connectivity index (χ4n) is 2.21. The molecule has 1 N–H and O–H groups in total. The molecule has 2 unspecified atom stereocenters. The Kier molecular flexibility index (Phi) is 4.35. The normalized spacial score (nSPS) is 27.3. The molecule has 0 aromatic carbocycles. The van der Waals surface area contributed by atoms with Crippen molar-refractivity contribution in [2.75, 3.05) is 6.61 Å². The molecule has 88 valence electrons. The van der Waals surface area contributed by atoms with Crippen molar-refractivity contribution in [2.45, 2.75) is 59.2 Å². The van der Waals surface area contributed by atoms with Crippen LogP contribution in [0.25, 0.3) is 0 Å². The highest BCUT2D eigenvalue weighted by Crippen LogP contribution is 2.37. The van der Waals surface area contributed by atoms with E-state index >= 15 is 0 Å². The first-order valence-corrected chi connectivity index (χ1v) is 5.93. The van der Waals surface area contributed by atoms with Gasteiger partial charge in [-0.1, -0.05) is 26.8 Å². The van der Waals surface area contributed by atoms with Crippen LogP contribution in [0, 0.1) is 5.41 Å². The van der Waals surface area contributed by atoms with Gasteiger partial charge in [-0.25, -0.2) is 0 Å². The Morgan fingerprint density at radius 2 is 2.27 bits per heavy atom. The van der Waals surface area contributed by atoms with E-state index in [1.807, 2.05) is 6.92 Å². The van der Waals surface area contributed by atoms with Gasteiger partial charge in [-0.15, -0.1) is 0 Å². The minimum absolute atomic E-state index is 0.174. The molecule has 1 aliphatic rings. The average molecular weight is 212 g/mol. The second-order valence-electron chi connectivity index (χ2n) is 5.25. The minimum atomic E-state index is -0.324. The molecule has 2 atom stereocenters. The lowest BCUT2D eigenvalue weighted by Gasteiger charge is -2.38. The Morgan fingerprint density at radius 3 is 2.80 bits per heavy atom. The Labute approximate surface area is 93.3 Å². The summed E-state index contributed by atoms with van der Waals surface area (Å²) in [5.74, 6) is 0. The van der Waals surface area contributed by atoms with Gasteiger partial charge in [0.05, 0.1) is 18.8 Å². The number of allylic oxidation sites excluding steroid dienone is 1. The van der Waals surface area contributed by atoms with Crippen molar-refractivity contribution in [3.63, 3.8) is 0 Å². The van der Waals surface area contributed by atoms with Crippen LogP contribution in [-0.2, 0) is 4.74 Å². The van der Waals surface area contributed by atoms with E-state index in [0.29, 0.717) is 6.61 Å². The minimum Gasteiger partial charge on any atom is -0.391 e. The summed E-state index contributed by atoms with van der Waals surface area (Å²) < 4.78 is 5.84. The number of ether oxygens (including phenoxy) is 1. The lowest BCUT2D eigenvalue weighted by Crippen LogP contribution is -2.37. The lowest BCUT2D eigenvalue weighted by atomic mass is 9.75. The van der Waals surface area contributed by atoms with E-state index in [4.69, 9.17) is 4.74 Å². The molecule has 0 bridgehead atoms. The van der Waals surface area contributed by atoms with Crippen molar-refractivity contribution in [3.8, 4) is 0 Å². The molecular weight excluding hydrogens is 188 g/mol. The van der Waals surface area contributed by atoms with E-state index in [2.05, 4.69) is 26.8 Å². The number of aliphatic hydroxyl groups is 1. The molecule has 1 rings (SSSR count). The van der Waals surface area contributed by atoms with Crippen LogP contribution in [0.2, 0.25) is 0 Å². The summed E-state index contributed by atoms with van der Waals surface area (Å²) in [6.45, 7) is 9.04. The van der Waals surface area contributed by atoms with E-state index in [0.717, 1.165) is 19.3 Å². The number of hydrogen-bond donors (Lipinski definition) is 1. The van der Waals surface area contributed by atoms with E-state index < -0.39 is 0 Å². The standard InChI is InChI=1S/C13H24O2/c1-5-11(14)9-15-12-10(2)7-6-8-13(12,3)4/h7,11-12,14H,5-6,8-9H2,1-4H3. The lowest BCUT2D eigenvalue weighted by molar-refractivity contribution is -0.0485. The Bertz CT molecular complexity index is 231. The third-order valence-corrected chi connectivity index (χ3v) is 3.30. The zero-order valence-electron chi connectivity index (χ0n) is 10.4. The van der Waals surface area contributed by atoms with Crippen LogP contribution in [0.15, 0.2) is 11.6 Å². The Balaban J connectivity index is 2.57. The van der Waals surface area contributed by atoms with Gasteiger partial charge in [-0.05, 0) is 37.2 Å². The van der Waals surface area contributed by atoms with Crippen LogP contribution in [0.1, 0.15) is 47.0 Å². The predicted octanol–water partition coefficient (Wildman–Crippen LogP) is 2.91. The summed E-state index contributed by atoms with van der Waals surface area (Å²) in [5.41, 5.74) is 1.52. The molecule has 0 aromatic rings. The average Bonchev–Trinajstić information content (AvgIpc) is 2.15. The maximum absolute atomic E-state index is 9.50. The van der Waals surface area contributed by atoms with Crippen molar-refractivity contribution in [3.05, 3.63) is 11.6 Å². The van der Waals surface area contributed by atoms with Gasteiger partial charge in [0.15, 0.2) is 0 Å². The first-order valence-electron chi connectivity index (χ1n) is 5.93. The molecule has 0 aromatic heterocycles. The molecule has 0 heterocycles. The fraction of sp³-hybridized carbons (Fsp3) is 0.846. The molecule has 0 spiro atoms.